The molecule has 1 aromatic rings. The van der Waals surface area contributed by atoms with Gasteiger partial charge in [0.25, 0.3) is 0 Å². The number of rotatable bonds is 5. The van der Waals surface area contributed by atoms with E-state index in [1.54, 1.807) is 0 Å². The lowest BCUT2D eigenvalue weighted by Crippen LogP contribution is -2.20. The molecule has 0 aromatic heterocycles. The fourth-order valence-corrected chi connectivity index (χ4v) is 2.70. The van der Waals surface area contributed by atoms with E-state index >= 15 is 0 Å². The summed E-state index contributed by atoms with van der Waals surface area (Å²) in [7, 11) is 0. The molecule has 0 saturated carbocycles. The van der Waals surface area contributed by atoms with Crippen molar-refractivity contribution in [2.24, 2.45) is 5.92 Å². The van der Waals surface area contributed by atoms with Crippen LogP contribution in [0.1, 0.15) is 43.7 Å². The zero-order chi connectivity index (χ0) is 11.4. The minimum Gasteiger partial charge on any atom is -0.393 e. The molecule has 0 heterocycles. The predicted molar refractivity (Wildman–Crippen MR) is 67.5 cm³/mol. The summed E-state index contributed by atoms with van der Waals surface area (Å²) in [5, 5.41) is 10.1. The molecule has 0 aliphatic heterocycles. The Labute approximate surface area is 98.5 Å². The summed E-state index contributed by atoms with van der Waals surface area (Å²) in [5.41, 5.74) is 2.89. The Balaban J connectivity index is 1.86. The van der Waals surface area contributed by atoms with Crippen LogP contribution in [0.5, 0.6) is 0 Å². The van der Waals surface area contributed by atoms with Crippen LogP contribution in [-0.2, 0) is 12.8 Å². The van der Waals surface area contributed by atoms with Gasteiger partial charge in [-0.3, -0.25) is 0 Å². The van der Waals surface area contributed by atoms with Crippen LogP contribution in [0.4, 0.5) is 0 Å². The number of unbranched alkanes of at least 4 members (excludes halogenated alkanes) is 2. The third kappa shape index (κ3) is 2.65. The molecule has 0 spiro atoms. The summed E-state index contributed by atoms with van der Waals surface area (Å²) in [6.07, 6.45) is 6.68. The van der Waals surface area contributed by atoms with Gasteiger partial charge in [0.15, 0.2) is 0 Å². The van der Waals surface area contributed by atoms with Crippen LogP contribution in [0.25, 0.3) is 0 Å². The van der Waals surface area contributed by atoms with E-state index in [4.69, 9.17) is 0 Å². The highest BCUT2D eigenvalue weighted by molar-refractivity contribution is 5.32. The van der Waals surface area contributed by atoms with Gasteiger partial charge in [0, 0.05) is 0 Å². The molecule has 1 aromatic carbocycles. The highest BCUT2D eigenvalue weighted by Gasteiger charge is 2.26. The normalized spacial score (nSPS) is 17.4. The number of aliphatic hydroxyl groups is 1. The van der Waals surface area contributed by atoms with E-state index in [1.807, 2.05) is 0 Å². The average molecular weight is 218 g/mol. The fraction of sp³-hybridized carbons (Fsp3) is 0.600. The molecule has 1 aliphatic carbocycles. The second-order valence-corrected chi connectivity index (χ2v) is 5.00. The summed E-state index contributed by atoms with van der Waals surface area (Å²) >= 11 is 0. The standard InChI is InChI=1S/C15H22O/c1-2-3-4-9-15(16)14-10-12-7-5-6-8-13(12)11-14/h5-8,14-16H,2-4,9-11H2,1H3. The second kappa shape index (κ2) is 5.49. The van der Waals surface area contributed by atoms with Crippen molar-refractivity contribution in [1.82, 2.24) is 0 Å². The molecule has 0 bridgehead atoms. The van der Waals surface area contributed by atoms with Crippen molar-refractivity contribution in [1.29, 1.82) is 0 Å². The molecule has 1 aliphatic rings. The summed E-state index contributed by atoms with van der Waals surface area (Å²) in [5.74, 6) is 0.467. The summed E-state index contributed by atoms with van der Waals surface area (Å²) < 4.78 is 0. The lowest BCUT2D eigenvalue weighted by atomic mass is 9.95. The first-order chi connectivity index (χ1) is 7.81. The zero-order valence-corrected chi connectivity index (χ0v) is 10.2. The highest BCUT2D eigenvalue weighted by atomic mass is 16.3. The third-order valence-electron chi connectivity index (χ3n) is 3.73. The number of benzene rings is 1. The van der Waals surface area contributed by atoms with E-state index in [0.29, 0.717) is 5.92 Å². The number of hydrogen-bond donors (Lipinski definition) is 1. The van der Waals surface area contributed by atoms with Crippen LogP contribution in [0.15, 0.2) is 24.3 Å². The molecule has 16 heavy (non-hydrogen) atoms. The number of hydrogen-bond acceptors (Lipinski definition) is 1. The van der Waals surface area contributed by atoms with Crippen molar-refractivity contribution in [3.63, 3.8) is 0 Å². The molecule has 1 atom stereocenters. The minimum atomic E-state index is -0.0982. The Morgan fingerprint density at radius 1 is 1.19 bits per heavy atom. The van der Waals surface area contributed by atoms with E-state index < -0.39 is 0 Å². The second-order valence-electron chi connectivity index (χ2n) is 5.00. The first-order valence-electron chi connectivity index (χ1n) is 6.56. The largest absolute Gasteiger partial charge is 0.393 e. The number of fused-ring (bicyclic) bond motifs is 1. The lowest BCUT2D eigenvalue weighted by molar-refractivity contribution is 0.101. The zero-order valence-electron chi connectivity index (χ0n) is 10.2. The predicted octanol–water partition coefficient (Wildman–Crippen LogP) is 3.34. The molecule has 2 rings (SSSR count). The van der Waals surface area contributed by atoms with E-state index in [9.17, 15) is 5.11 Å². The smallest absolute Gasteiger partial charge is 0.0574 e. The molecule has 0 saturated heterocycles. The van der Waals surface area contributed by atoms with Gasteiger partial charge in [-0.1, -0.05) is 50.5 Å². The van der Waals surface area contributed by atoms with Gasteiger partial charge in [-0.25, -0.2) is 0 Å². The molecule has 0 fully saturated rings. The van der Waals surface area contributed by atoms with Crippen LogP contribution >= 0.6 is 0 Å². The van der Waals surface area contributed by atoms with Gasteiger partial charge in [-0.2, -0.15) is 0 Å². The van der Waals surface area contributed by atoms with E-state index in [0.717, 1.165) is 19.3 Å². The molecular formula is C15H22O. The Bertz CT molecular complexity index is 307. The van der Waals surface area contributed by atoms with Gasteiger partial charge in [0.2, 0.25) is 0 Å². The van der Waals surface area contributed by atoms with Crippen LogP contribution in [0, 0.1) is 5.92 Å². The van der Waals surface area contributed by atoms with Crippen molar-refractivity contribution in [2.75, 3.05) is 0 Å². The maximum absolute atomic E-state index is 10.1. The summed E-state index contributed by atoms with van der Waals surface area (Å²) in [6, 6.07) is 8.61. The molecular weight excluding hydrogens is 196 g/mol. The van der Waals surface area contributed by atoms with Crippen LogP contribution in [-0.4, -0.2) is 11.2 Å². The monoisotopic (exact) mass is 218 g/mol. The van der Waals surface area contributed by atoms with Crippen LogP contribution in [0.2, 0.25) is 0 Å². The SMILES string of the molecule is CCCCCC(O)C1Cc2ccccc2C1. The first kappa shape index (κ1) is 11.7. The minimum absolute atomic E-state index is 0.0982. The van der Waals surface area contributed by atoms with E-state index in [-0.39, 0.29) is 6.10 Å². The van der Waals surface area contributed by atoms with Crippen molar-refractivity contribution < 1.29 is 5.11 Å². The Morgan fingerprint density at radius 2 is 1.81 bits per heavy atom. The van der Waals surface area contributed by atoms with Crippen LogP contribution in [0.3, 0.4) is 0 Å². The quantitative estimate of drug-likeness (QED) is 0.751. The van der Waals surface area contributed by atoms with Gasteiger partial charge in [0.05, 0.1) is 6.10 Å². The highest BCUT2D eigenvalue weighted by Crippen LogP contribution is 2.30. The maximum Gasteiger partial charge on any atom is 0.0574 e. The third-order valence-corrected chi connectivity index (χ3v) is 3.73. The molecule has 88 valence electrons. The average Bonchev–Trinajstić information content (AvgIpc) is 2.73. The molecule has 1 unspecified atom stereocenters. The Kier molecular flexibility index (Phi) is 4.00. The van der Waals surface area contributed by atoms with Gasteiger partial charge < -0.3 is 5.11 Å². The van der Waals surface area contributed by atoms with Crippen molar-refractivity contribution in [2.45, 2.75) is 51.6 Å². The van der Waals surface area contributed by atoms with E-state index in [2.05, 4.69) is 31.2 Å². The summed E-state index contributed by atoms with van der Waals surface area (Å²) in [6.45, 7) is 2.21. The first-order valence-corrected chi connectivity index (χ1v) is 6.56. The molecule has 0 amide bonds. The van der Waals surface area contributed by atoms with Crippen molar-refractivity contribution in [3.8, 4) is 0 Å². The van der Waals surface area contributed by atoms with Crippen LogP contribution < -0.4 is 0 Å². The topological polar surface area (TPSA) is 20.2 Å². The van der Waals surface area contributed by atoms with Gasteiger partial charge in [-0.05, 0) is 36.3 Å². The van der Waals surface area contributed by atoms with Gasteiger partial charge >= 0.3 is 0 Å². The number of aliphatic hydroxyl groups excluding tert-OH is 1. The van der Waals surface area contributed by atoms with E-state index in [1.165, 1.54) is 30.4 Å². The molecule has 0 radical (unpaired) electrons. The molecule has 1 heteroatoms. The molecule has 1 nitrogen and oxygen atoms in total. The Morgan fingerprint density at radius 3 is 2.38 bits per heavy atom. The molecule has 1 N–H and O–H groups in total. The van der Waals surface area contributed by atoms with Gasteiger partial charge in [-0.15, -0.1) is 0 Å². The fourth-order valence-electron chi connectivity index (χ4n) is 2.70. The van der Waals surface area contributed by atoms with Crippen molar-refractivity contribution >= 4 is 0 Å². The summed E-state index contributed by atoms with van der Waals surface area (Å²) in [4.78, 5) is 0. The lowest BCUT2D eigenvalue weighted by Gasteiger charge is -2.17. The van der Waals surface area contributed by atoms with Crippen molar-refractivity contribution in [3.05, 3.63) is 35.4 Å². The van der Waals surface area contributed by atoms with Gasteiger partial charge in [0.1, 0.15) is 0 Å². The maximum atomic E-state index is 10.1. The Hall–Kier alpha value is -0.820.